The molecule has 128 valence electrons. The molecular formula is C20H18N6. The van der Waals surface area contributed by atoms with Crippen LogP contribution in [0.5, 0.6) is 0 Å². The number of nitriles is 1. The number of pyridine rings is 1. The van der Waals surface area contributed by atoms with Crippen LogP contribution in [-0.4, -0.2) is 19.7 Å². The number of hydrogen-bond donors (Lipinski definition) is 2. The fourth-order valence-corrected chi connectivity index (χ4v) is 3.48. The normalized spacial score (nSPS) is 11.0. The number of anilines is 1. The number of fused-ring (bicyclic) bond motifs is 1. The molecule has 0 atom stereocenters. The molecule has 0 radical (unpaired) electrons. The SMILES string of the molecule is Cc1c(-c2cnn(C)c2)nc(N)c(C#N)c1-c1[nH]c2ccccc2c1C. The molecule has 6 heteroatoms. The number of hydrogen-bond acceptors (Lipinski definition) is 4. The molecule has 0 saturated heterocycles. The van der Waals surface area contributed by atoms with Gasteiger partial charge in [-0.05, 0) is 31.0 Å². The van der Waals surface area contributed by atoms with Crippen LogP contribution < -0.4 is 5.73 Å². The van der Waals surface area contributed by atoms with Gasteiger partial charge < -0.3 is 10.7 Å². The average Bonchev–Trinajstić information content (AvgIpc) is 3.20. The minimum Gasteiger partial charge on any atom is -0.383 e. The Balaban J connectivity index is 2.08. The molecule has 0 bridgehead atoms. The lowest BCUT2D eigenvalue weighted by Crippen LogP contribution is -2.03. The number of benzene rings is 1. The summed E-state index contributed by atoms with van der Waals surface area (Å²) in [4.78, 5) is 7.94. The van der Waals surface area contributed by atoms with Crippen LogP contribution >= 0.6 is 0 Å². The van der Waals surface area contributed by atoms with Gasteiger partial charge in [0.25, 0.3) is 0 Å². The van der Waals surface area contributed by atoms with E-state index in [1.807, 2.05) is 38.4 Å². The summed E-state index contributed by atoms with van der Waals surface area (Å²) in [5, 5.41) is 15.1. The first kappa shape index (κ1) is 15.9. The predicted octanol–water partition coefficient (Wildman–Crippen LogP) is 3.70. The van der Waals surface area contributed by atoms with Crippen LogP contribution in [0.1, 0.15) is 16.7 Å². The van der Waals surface area contributed by atoms with Crippen molar-refractivity contribution in [3.63, 3.8) is 0 Å². The van der Waals surface area contributed by atoms with Crippen molar-refractivity contribution < 1.29 is 0 Å². The Labute approximate surface area is 150 Å². The Morgan fingerprint density at radius 3 is 2.62 bits per heavy atom. The van der Waals surface area contributed by atoms with Gasteiger partial charge >= 0.3 is 0 Å². The monoisotopic (exact) mass is 342 g/mol. The van der Waals surface area contributed by atoms with Gasteiger partial charge in [0, 0.05) is 35.3 Å². The molecule has 1 aromatic carbocycles. The third-order valence-electron chi connectivity index (χ3n) is 4.77. The van der Waals surface area contributed by atoms with Crippen LogP contribution in [0.2, 0.25) is 0 Å². The minimum absolute atomic E-state index is 0.227. The molecule has 0 aliphatic carbocycles. The summed E-state index contributed by atoms with van der Waals surface area (Å²) in [6.45, 7) is 4.02. The Kier molecular flexibility index (Phi) is 3.51. The van der Waals surface area contributed by atoms with Crippen LogP contribution in [0.15, 0.2) is 36.7 Å². The number of rotatable bonds is 2. The first-order valence-corrected chi connectivity index (χ1v) is 8.28. The van der Waals surface area contributed by atoms with Crippen molar-refractivity contribution in [1.29, 1.82) is 5.26 Å². The molecule has 3 N–H and O–H groups in total. The smallest absolute Gasteiger partial charge is 0.142 e. The molecule has 0 aliphatic rings. The molecule has 3 aromatic heterocycles. The highest BCUT2D eigenvalue weighted by Crippen LogP contribution is 2.38. The van der Waals surface area contributed by atoms with E-state index >= 15 is 0 Å². The van der Waals surface area contributed by atoms with E-state index in [2.05, 4.69) is 34.1 Å². The van der Waals surface area contributed by atoms with Crippen LogP contribution in [0.3, 0.4) is 0 Å². The lowest BCUT2D eigenvalue weighted by molar-refractivity contribution is 0.768. The van der Waals surface area contributed by atoms with Crippen LogP contribution in [0.4, 0.5) is 5.82 Å². The number of H-pyrrole nitrogens is 1. The van der Waals surface area contributed by atoms with E-state index in [0.717, 1.165) is 44.5 Å². The Morgan fingerprint density at radius 1 is 1.19 bits per heavy atom. The van der Waals surface area contributed by atoms with E-state index in [4.69, 9.17) is 5.73 Å². The van der Waals surface area contributed by atoms with Crippen molar-refractivity contribution in [3.05, 3.63) is 53.3 Å². The molecule has 0 amide bonds. The zero-order valence-corrected chi connectivity index (χ0v) is 14.8. The summed E-state index contributed by atoms with van der Waals surface area (Å²) in [6, 6.07) is 10.3. The quantitative estimate of drug-likeness (QED) is 0.580. The first-order chi connectivity index (χ1) is 12.5. The molecule has 0 fully saturated rings. The molecule has 0 saturated carbocycles. The molecule has 0 unspecified atom stereocenters. The van der Waals surface area contributed by atoms with E-state index in [1.165, 1.54) is 0 Å². The van der Waals surface area contributed by atoms with Gasteiger partial charge in [0.2, 0.25) is 0 Å². The van der Waals surface area contributed by atoms with Gasteiger partial charge in [0.1, 0.15) is 17.5 Å². The summed E-state index contributed by atoms with van der Waals surface area (Å²) >= 11 is 0. The molecule has 3 heterocycles. The molecule has 6 nitrogen and oxygen atoms in total. The van der Waals surface area contributed by atoms with Crippen molar-refractivity contribution in [1.82, 2.24) is 19.7 Å². The summed E-state index contributed by atoms with van der Waals surface area (Å²) in [6.07, 6.45) is 3.64. The second kappa shape index (κ2) is 5.74. The van der Waals surface area contributed by atoms with Crippen LogP contribution in [-0.2, 0) is 7.05 Å². The van der Waals surface area contributed by atoms with Gasteiger partial charge in [-0.2, -0.15) is 10.4 Å². The second-order valence-electron chi connectivity index (χ2n) is 6.41. The molecule has 4 rings (SSSR count). The Bertz CT molecular complexity index is 1190. The zero-order valence-electron chi connectivity index (χ0n) is 14.8. The minimum atomic E-state index is 0.227. The van der Waals surface area contributed by atoms with E-state index < -0.39 is 0 Å². The number of nitrogen functional groups attached to an aromatic ring is 1. The van der Waals surface area contributed by atoms with Crippen molar-refractivity contribution in [2.75, 3.05) is 5.73 Å². The summed E-state index contributed by atoms with van der Waals surface area (Å²) in [5.74, 6) is 0.227. The van der Waals surface area contributed by atoms with Gasteiger partial charge in [-0.1, -0.05) is 18.2 Å². The van der Waals surface area contributed by atoms with Crippen LogP contribution in [0, 0.1) is 25.2 Å². The van der Waals surface area contributed by atoms with E-state index in [9.17, 15) is 5.26 Å². The number of aromatic amines is 1. The van der Waals surface area contributed by atoms with E-state index in [0.29, 0.717) is 5.56 Å². The highest BCUT2D eigenvalue weighted by atomic mass is 15.2. The molecule has 4 aromatic rings. The van der Waals surface area contributed by atoms with Gasteiger partial charge in [0.05, 0.1) is 17.6 Å². The zero-order chi connectivity index (χ0) is 18.4. The number of nitrogens with two attached hydrogens (primary N) is 1. The van der Waals surface area contributed by atoms with Gasteiger partial charge in [-0.25, -0.2) is 4.98 Å². The maximum absolute atomic E-state index is 9.72. The molecular weight excluding hydrogens is 324 g/mol. The van der Waals surface area contributed by atoms with E-state index in [1.54, 1.807) is 10.9 Å². The first-order valence-electron chi connectivity index (χ1n) is 8.28. The maximum atomic E-state index is 9.72. The summed E-state index contributed by atoms with van der Waals surface area (Å²) in [7, 11) is 1.86. The average molecular weight is 342 g/mol. The Hall–Kier alpha value is -3.59. The van der Waals surface area contributed by atoms with Crippen molar-refractivity contribution in [3.8, 4) is 28.6 Å². The third kappa shape index (κ3) is 2.25. The maximum Gasteiger partial charge on any atom is 0.142 e. The standard InChI is InChI=1S/C20H18N6/c1-11-14-6-4-5-7-16(14)24-19(11)17-12(2)18(13-9-23-26(3)10-13)25-20(22)15(17)8-21/h4-7,9-10,24H,1-3H3,(H2,22,25). The van der Waals surface area contributed by atoms with Crippen molar-refractivity contribution in [2.24, 2.45) is 7.05 Å². The topological polar surface area (TPSA) is 96.3 Å². The van der Waals surface area contributed by atoms with Crippen molar-refractivity contribution in [2.45, 2.75) is 13.8 Å². The molecule has 0 spiro atoms. The number of aryl methyl sites for hydroxylation is 2. The number of para-hydroxylation sites is 1. The van der Waals surface area contributed by atoms with Gasteiger partial charge in [-0.3, -0.25) is 4.68 Å². The number of nitrogens with one attached hydrogen (secondary N) is 1. The summed E-state index contributed by atoms with van der Waals surface area (Å²) < 4.78 is 1.72. The third-order valence-corrected chi connectivity index (χ3v) is 4.77. The van der Waals surface area contributed by atoms with Crippen molar-refractivity contribution >= 4 is 16.7 Å². The predicted molar refractivity (Wildman–Crippen MR) is 102 cm³/mol. The summed E-state index contributed by atoms with van der Waals surface area (Å²) in [5.41, 5.74) is 12.9. The van der Waals surface area contributed by atoms with Crippen LogP contribution in [0.25, 0.3) is 33.4 Å². The highest BCUT2D eigenvalue weighted by Gasteiger charge is 2.22. The number of aromatic nitrogens is 4. The fourth-order valence-electron chi connectivity index (χ4n) is 3.48. The Morgan fingerprint density at radius 2 is 1.96 bits per heavy atom. The fraction of sp³-hybridized carbons (Fsp3) is 0.150. The van der Waals surface area contributed by atoms with E-state index in [-0.39, 0.29) is 5.82 Å². The largest absolute Gasteiger partial charge is 0.383 e. The van der Waals surface area contributed by atoms with Gasteiger partial charge in [-0.15, -0.1) is 0 Å². The lowest BCUT2D eigenvalue weighted by atomic mass is 9.95. The van der Waals surface area contributed by atoms with Gasteiger partial charge in [0.15, 0.2) is 0 Å². The molecule has 0 aliphatic heterocycles. The second-order valence-corrected chi connectivity index (χ2v) is 6.41. The number of nitrogens with zero attached hydrogens (tertiary/aromatic N) is 4. The molecule has 26 heavy (non-hydrogen) atoms. The lowest BCUT2D eigenvalue weighted by Gasteiger charge is -2.14. The highest BCUT2D eigenvalue weighted by molar-refractivity contribution is 5.94.